The number of hydrogen-bond acceptors (Lipinski definition) is 8. The van der Waals surface area contributed by atoms with Crippen molar-refractivity contribution in [2.75, 3.05) is 27.4 Å². The molecule has 0 aliphatic heterocycles. The van der Waals surface area contributed by atoms with Gasteiger partial charge in [0.15, 0.2) is 10.9 Å². The minimum Gasteiger partial charge on any atom is -0.494 e. The van der Waals surface area contributed by atoms with Gasteiger partial charge in [-0.05, 0) is 81.6 Å². The monoisotopic (exact) mass is 614 g/mol. The average Bonchev–Trinajstić information content (AvgIpc) is 3.09. The van der Waals surface area contributed by atoms with Gasteiger partial charge in [-0.25, -0.2) is 0 Å². The van der Waals surface area contributed by atoms with Crippen LogP contribution in [-0.4, -0.2) is 39.4 Å². The maximum atomic E-state index is 14.0. The molecule has 0 heterocycles. The maximum Gasteiger partial charge on any atom is 0.305 e. The van der Waals surface area contributed by atoms with E-state index in [4.69, 9.17) is 18.9 Å². The van der Waals surface area contributed by atoms with Gasteiger partial charge in [-0.2, -0.15) is 0 Å². The smallest absolute Gasteiger partial charge is 0.305 e. The Hall–Kier alpha value is -5.50. The summed E-state index contributed by atoms with van der Waals surface area (Å²) >= 11 is 0. The SMILES string of the molecule is COC(=O)CCCOc1ccc2c(c1)c(=O)c1cccc3c1c2c1cccc2c(=O)c4cc(OCCCC(=O)OC)ccc4c3c21. The zero-order valence-electron chi connectivity index (χ0n) is 25.4. The molecule has 7 aromatic carbocycles. The molecule has 0 aromatic heterocycles. The summed E-state index contributed by atoms with van der Waals surface area (Å²) in [7, 11) is 2.71. The first-order chi connectivity index (χ1) is 22.4. The number of hydrogen-bond donors (Lipinski definition) is 0. The van der Waals surface area contributed by atoms with Crippen molar-refractivity contribution < 1.29 is 28.5 Å². The molecule has 0 bridgehead atoms. The predicted molar refractivity (Wildman–Crippen MR) is 180 cm³/mol. The highest BCUT2D eigenvalue weighted by Gasteiger charge is 2.21. The minimum atomic E-state index is -0.296. The number of benzene rings is 7. The van der Waals surface area contributed by atoms with E-state index in [1.807, 2.05) is 60.7 Å². The molecule has 0 atom stereocenters. The van der Waals surface area contributed by atoms with Crippen molar-refractivity contribution in [3.05, 3.63) is 93.2 Å². The first kappa shape index (κ1) is 29.2. The third-order valence-corrected chi connectivity index (χ3v) is 8.71. The van der Waals surface area contributed by atoms with Crippen LogP contribution in [-0.2, 0) is 19.1 Å². The van der Waals surface area contributed by atoms with Crippen LogP contribution in [0.25, 0.3) is 64.6 Å². The molecular formula is C38H30O8. The van der Waals surface area contributed by atoms with E-state index in [0.717, 1.165) is 43.1 Å². The van der Waals surface area contributed by atoms with Gasteiger partial charge in [-0.15, -0.1) is 0 Å². The van der Waals surface area contributed by atoms with Crippen molar-refractivity contribution in [3.63, 3.8) is 0 Å². The second-order valence-electron chi connectivity index (χ2n) is 11.3. The van der Waals surface area contributed by atoms with Crippen molar-refractivity contribution in [2.24, 2.45) is 0 Å². The van der Waals surface area contributed by atoms with Crippen LogP contribution in [0.4, 0.5) is 0 Å². The van der Waals surface area contributed by atoms with E-state index in [1.165, 1.54) is 14.2 Å². The second kappa shape index (κ2) is 11.8. The van der Waals surface area contributed by atoms with Gasteiger partial charge >= 0.3 is 11.9 Å². The van der Waals surface area contributed by atoms with Crippen molar-refractivity contribution in [3.8, 4) is 11.5 Å². The molecule has 0 N–H and O–H groups in total. The Morgan fingerprint density at radius 3 is 1.30 bits per heavy atom. The van der Waals surface area contributed by atoms with Gasteiger partial charge in [0.1, 0.15) is 11.5 Å². The summed E-state index contributed by atoms with van der Waals surface area (Å²) < 4.78 is 21.2. The Kier molecular flexibility index (Phi) is 7.48. The number of carbonyl (C=O) groups is 2. The molecule has 0 spiro atoms. The molecule has 230 valence electrons. The molecule has 7 aromatic rings. The second-order valence-corrected chi connectivity index (χ2v) is 11.3. The topological polar surface area (TPSA) is 105 Å². The standard InChI is InChI=1S/C38H30O8/c1-43-31(39)11-5-17-45-21-13-15-23-29(19-21)37(41)27-9-3-8-26-34-24-16-14-22(46-18-6-12-32(40)44-2)20-30(24)38(42)28-10-4-7-25(36(28)34)33(23)35(26)27/h3-4,7-10,13-16,19-20H,5-6,11-12,17-18H2,1-2H3. The first-order valence-corrected chi connectivity index (χ1v) is 15.2. The molecule has 0 aliphatic carbocycles. The van der Waals surface area contributed by atoms with E-state index in [0.29, 0.717) is 59.1 Å². The predicted octanol–water partition coefficient (Wildman–Crippen LogP) is 6.87. The summed E-state index contributed by atoms with van der Waals surface area (Å²) in [4.78, 5) is 51.0. The Bertz CT molecular complexity index is 2260. The van der Waals surface area contributed by atoms with E-state index < -0.39 is 0 Å². The molecule has 0 aliphatic rings. The number of carbonyl (C=O) groups excluding carboxylic acids is 2. The third kappa shape index (κ3) is 4.77. The number of methoxy groups -OCH3 is 2. The summed E-state index contributed by atoms with van der Waals surface area (Å²) in [5.74, 6) is 0.496. The molecule has 0 unspecified atom stereocenters. The quantitative estimate of drug-likeness (QED) is 0.0712. The fourth-order valence-corrected chi connectivity index (χ4v) is 6.61. The maximum absolute atomic E-state index is 14.0. The third-order valence-electron chi connectivity index (χ3n) is 8.71. The Morgan fingerprint density at radius 1 is 0.500 bits per heavy atom. The van der Waals surface area contributed by atoms with Gasteiger partial charge in [-0.1, -0.05) is 36.4 Å². The van der Waals surface area contributed by atoms with Crippen LogP contribution in [0.2, 0.25) is 0 Å². The molecule has 8 heteroatoms. The Labute approximate surface area is 262 Å². The zero-order chi connectivity index (χ0) is 31.9. The van der Waals surface area contributed by atoms with Gasteiger partial charge in [0.05, 0.1) is 27.4 Å². The lowest BCUT2D eigenvalue weighted by Gasteiger charge is -2.18. The number of ether oxygens (including phenoxy) is 4. The Morgan fingerprint density at radius 2 is 0.891 bits per heavy atom. The first-order valence-electron chi connectivity index (χ1n) is 15.2. The fourth-order valence-electron chi connectivity index (χ4n) is 6.61. The lowest BCUT2D eigenvalue weighted by Crippen LogP contribution is -2.08. The zero-order valence-corrected chi connectivity index (χ0v) is 25.4. The lowest BCUT2D eigenvalue weighted by atomic mass is 9.85. The number of fused-ring (bicyclic) bond motifs is 6. The minimum absolute atomic E-state index is 0.0985. The van der Waals surface area contributed by atoms with E-state index in [2.05, 4.69) is 0 Å². The van der Waals surface area contributed by atoms with Crippen molar-refractivity contribution in [2.45, 2.75) is 25.7 Å². The molecule has 0 amide bonds. The van der Waals surface area contributed by atoms with Crippen LogP contribution < -0.4 is 20.3 Å². The van der Waals surface area contributed by atoms with E-state index in [1.54, 1.807) is 12.1 Å². The lowest BCUT2D eigenvalue weighted by molar-refractivity contribution is -0.141. The normalized spacial score (nSPS) is 11.7. The van der Waals surface area contributed by atoms with Crippen molar-refractivity contribution in [1.29, 1.82) is 0 Å². The van der Waals surface area contributed by atoms with Crippen LogP contribution >= 0.6 is 0 Å². The summed E-state index contributed by atoms with van der Waals surface area (Å²) in [6, 6.07) is 22.5. The van der Waals surface area contributed by atoms with Gasteiger partial charge in [0.25, 0.3) is 0 Å². The van der Waals surface area contributed by atoms with Crippen molar-refractivity contribution >= 4 is 76.6 Å². The van der Waals surface area contributed by atoms with E-state index in [9.17, 15) is 19.2 Å². The van der Waals surface area contributed by atoms with Crippen LogP contribution in [0, 0.1) is 0 Å². The molecule has 0 saturated heterocycles. The molecule has 7 rings (SSSR count). The summed E-state index contributed by atoms with van der Waals surface area (Å²) in [6.07, 6.45) is 1.49. The van der Waals surface area contributed by atoms with Gasteiger partial charge in [0, 0.05) is 45.2 Å². The van der Waals surface area contributed by atoms with Gasteiger partial charge in [-0.3, -0.25) is 19.2 Å². The number of esters is 2. The van der Waals surface area contributed by atoms with E-state index >= 15 is 0 Å². The molecule has 8 nitrogen and oxygen atoms in total. The molecule has 0 radical (unpaired) electrons. The van der Waals surface area contributed by atoms with Crippen LogP contribution in [0.5, 0.6) is 11.5 Å². The van der Waals surface area contributed by atoms with Crippen LogP contribution in [0.15, 0.2) is 82.4 Å². The number of rotatable bonds is 10. The van der Waals surface area contributed by atoms with E-state index in [-0.39, 0.29) is 35.6 Å². The highest BCUT2D eigenvalue weighted by Crippen LogP contribution is 2.44. The average molecular weight is 615 g/mol. The van der Waals surface area contributed by atoms with Gasteiger partial charge < -0.3 is 18.9 Å². The molecular weight excluding hydrogens is 584 g/mol. The van der Waals surface area contributed by atoms with Gasteiger partial charge in [0.2, 0.25) is 0 Å². The Balaban J connectivity index is 1.42. The largest absolute Gasteiger partial charge is 0.494 e. The summed E-state index contributed by atoms with van der Waals surface area (Å²) in [5, 5.41) is 9.16. The highest BCUT2D eigenvalue weighted by molar-refractivity contribution is 6.41. The molecule has 0 saturated carbocycles. The van der Waals surface area contributed by atoms with Crippen molar-refractivity contribution in [1.82, 2.24) is 0 Å². The highest BCUT2D eigenvalue weighted by atomic mass is 16.5. The molecule has 0 fully saturated rings. The fraction of sp³-hybridized carbons (Fsp3) is 0.211. The molecule has 46 heavy (non-hydrogen) atoms. The summed E-state index contributed by atoms with van der Waals surface area (Å²) in [6.45, 7) is 0.622. The summed E-state index contributed by atoms with van der Waals surface area (Å²) in [5.41, 5.74) is -0.197. The van der Waals surface area contributed by atoms with Crippen LogP contribution in [0.3, 0.4) is 0 Å². The van der Waals surface area contributed by atoms with Crippen LogP contribution in [0.1, 0.15) is 25.7 Å².